The van der Waals surface area contributed by atoms with Gasteiger partial charge in [0.25, 0.3) is 0 Å². The number of hydrogen-bond acceptors (Lipinski definition) is 3. The molecule has 0 radical (unpaired) electrons. The monoisotopic (exact) mass is 349 g/mol. The number of benzene rings is 2. The number of aromatic amines is 1. The smallest absolute Gasteiger partial charge is 0.410 e. The van der Waals surface area contributed by atoms with Gasteiger partial charge in [0.05, 0.1) is 0 Å². The molecule has 3 aromatic rings. The summed E-state index contributed by atoms with van der Waals surface area (Å²) in [5.41, 5.74) is 3.49. The van der Waals surface area contributed by atoms with Gasteiger partial charge in [0.2, 0.25) is 0 Å². The van der Waals surface area contributed by atoms with Crippen LogP contribution in [-0.2, 0) is 17.9 Å². The van der Waals surface area contributed by atoms with Crippen LogP contribution in [0, 0.1) is 0 Å². The third kappa shape index (κ3) is 3.73. The van der Waals surface area contributed by atoms with Gasteiger partial charge in [-0.25, -0.2) is 4.79 Å². The van der Waals surface area contributed by atoms with Crippen LogP contribution in [0.3, 0.4) is 0 Å². The molecule has 1 aromatic heterocycles. The van der Waals surface area contributed by atoms with Crippen LogP contribution < -0.4 is 0 Å². The van der Waals surface area contributed by atoms with Crippen molar-refractivity contribution in [3.63, 3.8) is 0 Å². The summed E-state index contributed by atoms with van der Waals surface area (Å²) in [6, 6.07) is 18.1. The first kappa shape index (κ1) is 16.7. The number of para-hydroxylation sites is 1. The second-order valence-corrected chi connectivity index (χ2v) is 6.66. The fourth-order valence-electron chi connectivity index (χ4n) is 3.40. The van der Waals surface area contributed by atoms with Gasteiger partial charge in [-0.2, -0.15) is 0 Å². The number of aromatic nitrogens is 1. The molecule has 1 aliphatic rings. The first-order chi connectivity index (χ1) is 12.8. The molecule has 0 spiro atoms. The SMILES string of the molecule is O=C(OCc1ccccc1)N1CCN(Cc2c[nH]c3ccccc23)CC1. The van der Waals surface area contributed by atoms with Crippen LogP contribution in [-0.4, -0.2) is 47.1 Å². The maximum atomic E-state index is 12.3. The predicted octanol–water partition coefficient (Wildman–Crippen LogP) is 3.62. The largest absolute Gasteiger partial charge is 0.445 e. The molecular formula is C21H23N3O2. The topological polar surface area (TPSA) is 48.6 Å². The van der Waals surface area contributed by atoms with Crippen LogP contribution in [0.1, 0.15) is 11.1 Å². The number of fused-ring (bicyclic) bond motifs is 1. The number of ether oxygens (including phenoxy) is 1. The Hall–Kier alpha value is -2.79. The first-order valence-corrected chi connectivity index (χ1v) is 9.02. The lowest BCUT2D eigenvalue weighted by Gasteiger charge is -2.34. The molecule has 134 valence electrons. The van der Waals surface area contributed by atoms with Crippen LogP contribution >= 0.6 is 0 Å². The van der Waals surface area contributed by atoms with Crippen molar-refractivity contribution in [1.82, 2.24) is 14.8 Å². The van der Waals surface area contributed by atoms with Gasteiger partial charge in [0.1, 0.15) is 6.61 Å². The molecule has 0 aliphatic carbocycles. The first-order valence-electron chi connectivity index (χ1n) is 9.02. The van der Waals surface area contributed by atoms with Gasteiger partial charge in [0.15, 0.2) is 0 Å². The fourth-order valence-corrected chi connectivity index (χ4v) is 3.40. The van der Waals surface area contributed by atoms with Crippen LogP contribution in [0.2, 0.25) is 0 Å². The molecule has 5 nitrogen and oxygen atoms in total. The predicted molar refractivity (Wildman–Crippen MR) is 102 cm³/mol. The Morgan fingerprint density at radius 1 is 0.962 bits per heavy atom. The standard InChI is InChI=1S/C21H23N3O2/c25-21(26-16-17-6-2-1-3-7-17)24-12-10-23(11-13-24)15-18-14-22-20-9-5-4-8-19(18)20/h1-9,14,22H,10-13,15-16H2. The number of H-pyrrole nitrogens is 1. The van der Waals surface area contributed by atoms with E-state index in [9.17, 15) is 4.79 Å². The third-order valence-corrected chi connectivity index (χ3v) is 4.90. The molecule has 26 heavy (non-hydrogen) atoms. The van der Waals surface area contributed by atoms with Crippen molar-refractivity contribution in [2.75, 3.05) is 26.2 Å². The second kappa shape index (κ2) is 7.62. The molecule has 2 aromatic carbocycles. The molecule has 0 unspecified atom stereocenters. The Balaban J connectivity index is 1.28. The number of hydrogen-bond donors (Lipinski definition) is 1. The van der Waals surface area contributed by atoms with Gasteiger partial charge in [-0.05, 0) is 17.2 Å². The van der Waals surface area contributed by atoms with Gasteiger partial charge in [-0.1, -0.05) is 48.5 Å². The quantitative estimate of drug-likeness (QED) is 0.783. The number of carbonyl (C=O) groups is 1. The fraction of sp³-hybridized carbons (Fsp3) is 0.286. The molecule has 2 heterocycles. The molecule has 4 rings (SSSR count). The van der Waals surface area contributed by atoms with Crippen molar-refractivity contribution >= 4 is 17.0 Å². The number of rotatable bonds is 4. The van der Waals surface area contributed by atoms with Crippen molar-refractivity contribution in [2.45, 2.75) is 13.2 Å². The summed E-state index contributed by atoms with van der Waals surface area (Å²) in [6.07, 6.45) is 1.87. The zero-order chi connectivity index (χ0) is 17.8. The van der Waals surface area contributed by atoms with E-state index in [0.717, 1.165) is 25.2 Å². The Morgan fingerprint density at radius 2 is 1.69 bits per heavy atom. The molecule has 1 saturated heterocycles. The Morgan fingerprint density at radius 3 is 2.50 bits per heavy atom. The lowest BCUT2D eigenvalue weighted by atomic mass is 10.1. The van der Waals surface area contributed by atoms with Crippen molar-refractivity contribution in [2.24, 2.45) is 0 Å². The normalized spacial score (nSPS) is 15.3. The Bertz CT molecular complexity index is 867. The van der Waals surface area contributed by atoms with E-state index in [1.54, 1.807) is 4.90 Å². The number of nitrogens with one attached hydrogen (secondary N) is 1. The summed E-state index contributed by atoms with van der Waals surface area (Å²) >= 11 is 0. The zero-order valence-corrected chi connectivity index (χ0v) is 14.7. The van der Waals surface area contributed by atoms with E-state index in [0.29, 0.717) is 19.7 Å². The van der Waals surface area contributed by atoms with E-state index >= 15 is 0 Å². The van der Waals surface area contributed by atoms with Gasteiger partial charge < -0.3 is 14.6 Å². The van der Waals surface area contributed by atoms with Crippen molar-refractivity contribution in [3.05, 3.63) is 71.9 Å². The van der Waals surface area contributed by atoms with Crippen molar-refractivity contribution in [3.8, 4) is 0 Å². The molecule has 5 heteroatoms. The van der Waals surface area contributed by atoms with Crippen LogP contribution in [0.15, 0.2) is 60.8 Å². The highest BCUT2D eigenvalue weighted by Gasteiger charge is 2.22. The lowest BCUT2D eigenvalue weighted by molar-refractivity contribution is 0.0701. The summed E-state index contributed by atoms with van der Waals surface area (Å²) in [4.78, 5) is 19.8. The average Bonchev–Trinajstić information content (AvgIpc) is 3.10. The number of amides is 1. The highest BCUT2D eigenvalue weighted by molar-refractivity contribution is 5.82. The van der Waals surface area contributed by atoms with Gasteiger partial charge >= 0.3 is 6.09 Å². The summed E-state index contributed by atoms with van der Waals surface area (Å²) in [6.45, 7) is 4.36. The highest BCUT2D eigenvalue weighted by atomic mass is 16.6. The molecule has 1 aliphatic heterocycles. The van der Waals surface area contributed by atoms with E-state index in [1.807, 2.05) is 36.4 Å². The summed E-state index contributed by atoms with van der Waals surface area (Å²) in [5.74, 6) is 0. The van der Waals surface area contributed by atoms with Gasteiger partial charge in [-0.3, -0.25) is 4.90 Å². The Kier molecular flexibility index (Phi) is 4.88. The van der Waals surface area contributed by atoms with E-state index in [1.165, 1.54) is 16.5 Å². The number of nitrogens with zero attached hydrogens (tertiary/aromatic N) is 2. The van der Waals surface area contributed by atoms with E-state index in [2.05, 4.69) is 34.3 Å². The summed E-state index contributed by atoms with van der Waals surface area (Å²) in [7, 11) is 0. The highest BCUT2D eigenvalue weighted by Crippen LogP contribution is 2.20. The average molecular weight is 349 g/mol. The van der Waals surface area contributed by atoms with E-state index < -0.39 is 0 Å². The lowest BCUT2D eigenvalue weighted by Crippen LogP contribution is -2.48. The molecule has 1 amide bonds. The third-order valence-electron chi connectivity index (χ3n) is 4.90. The van der Waals surface area contributed by atoms with Crippen LogP contribution in [0.5, 0.6) is 0 Å². The Labute approximate surface area is 153 Å². The van der Waals surface area contributed by atoms with Crippen LogP contribution in [0.25, 0.3) is 10.9 Å². The molecule has 0 atom stereocenters. The van der Waals surface area contributed by atoms with E-state index in [-0.39, 0.29) is 6.09 Å². The molecule has 0 saturated carbocycles. The summed E-state index contributed by atoms with van der Waals surface area (Å²) < 4.78 is 5.43. The molecule has 1 N–H and O–H groups in total. The van der Waals surface area contributed by atoms with Crippen LogP contribution in [0.4, 0.5) is 4.79 Å². The molecular weight excluding hydrogens is 326 g/mol. The minimum atomic E-state index is -0.222. The second-order valence-electron chi connectivity index (χ2n) is 6.66. The van der Waals surface area contributed by atoms with Gasteiger partial charge in [0, 0.05) is 49.8 Å². The maximum absolute atomic E-state index is 12.3. The number of piperazine rings is 1. The van der Waals surface area contributed by atoms with Crippen molar-refractivity contribution < 1.29 is 9.53 Å². The minimum absolute atomic E-state index is 0.222. The van der Waals surface area contributed by atoms with Crippen molar-refractivity contribution in [1.29, 1.82) is 0 Å². The molecule has 1 fully saturated rings. The van der Waals surface area contributed by atoms with E-state index in [4.69, 9.17) is 4.74 Å². The summed E-state index contributed by atoms with van der Waals surface area (Å²) in [5, 5.41) is 1.28. The number of carbonyl (C=O) groups excluding carboxylic acids is 1. The molecule has 0 bridgehead atoms. The van der Waals surface area contributed by atoms with Gasteiger partial charge in [-0.15, -0.1) is 0 Å². The minimum Gasteiger partial charge on any atom is -0.445 e. The zero-order valence-electron chi connectivity index (χ0n) is 14.7. The maximum Gasteiger partial charge on any atom is 0.410 e.